The van der Waals surface area contributed by atoms with E-state index in [1.807, 2.05) is 0 Å². The Bertz CT molecular complexity index is 874. The topological polar surface area (TPSA) is 64.3 Å². The molecule has 4 heteroatoms. The third-order valence-electron chi connectivity index (χ3n) is 4.10. The number of fused-ring (bicyclic) bond motifs is 1. The predicted octanol–water partition coefficient (Wildman–Crippen LogP) is 4.87. The molecule has 2 aromatic carbocycles. The fourth-order valence-electron chi connectivity index (χ4n) is 2.76. The van der Waals surface area contributed by atoms with Crippen molar-refractivity contribution in [1.82, 2.24) is 0 Å². The number of benzene rings is 2. The van der Waals surface area contributed by atoms with E-state index in [9.17, 15) is 4.79 Å². The van der Waals surface area contributed by atoms with E-state index in [1.54, 1.807) is 0 Å². The van der Waals surface area contributed by atoms with Gasteiger partial charge in [-0.1, -0.05) is 42.5 Å². The van der Waals surface area contributed by atoms with Gasteiger partial charge >= 0.3 is 5.97 Å². The lowest BCUT2D eigenvalue weighted by Crippen LogP contribution is -2.12. The van der Waals surface area contributed by atoms with Crippen molar-refractivity contribution in [2.75, 3.05) is 11.4 Å². The molecule has 0 bridgehead atoms. The molecule has 4 nitrogen and oxygen atoms in total. The van der Waals surface area contributed by atoms with Crippen molar-refractivity contribution in [1.29, 1.82) is 5.26 Å². The number of carbonyl (C=O) groups is 1. The van der Waals surface area contributed by atoms with Gasteiger partial charge in [0, 0.05) is 17.9 Å². The number of rotatable bonds is 3. The normalized spacial score (nSPS) is 12.1. The summed E-state index contributed by atoms with van der Waals surface area (Å²) < 4.78 is 0. The summed E-state index contributed by atoms with van der Waals surface area (Å²) in [7, 11) is 0. The van der Waals surface area contributed by atoms with Crippen LogP contribution in [0, 0.1) is 18.3 Å². The van der Waals surface area contributed by atoms with Crippen molar-refractivity contribution in [2.24, 2.45) is 0 Å². The van der Waals surface area contributed by atoms with Gasteiger partial charge in [0.25, 0.3) is 0 Å². The Labute approximate surface area is 154 Å². The maximum Gasteiger partial charge on any atom is 0.345 e. The van der Waals surface area contributed by atoms with Gasteiger partial charge < -0.3 is 10.0 Å². The quantitative estimate of drug-likeness (QED) is 0.636. The summed E-state index contributed by atoms with van der Waals surface area (Å²) in [6, 6.07) is 16.9. The molecule has 3 rings (SSSR count). The number of allylic oxidation sites excluding steroid dienone is 1. The Morgan fingerprint density at radius 3 is 2.50 bits per heavy atom. The largest absolute Gasteiger partial charge is 0.477 e. The van der Waals surface area contributed by atoms with Crippen LogP contribution in [-0.4, -0.2) is 17.6 Å². The molecule has 0 aromatic heterocycles. The van der Waals surface area contributed by atoms with E-state index in [4.69, 9.17) is 10.4 Å². The van der Waals surface area contributed by atoms with E-state index >= 15 is 0 Å². The fraction of sp³-hybridized carbons (Fsp3) is 0.182. The summed E-state index contributed by atoms with van der Waals surface area (Å²) in [4.78, 5) is 12.0. The number of hydrogen-bond donors (Lipinski definition) is 1. The molecule has 1 aliphatic heterocycles. The van der Waals surface area contributed by atoms with Crippen LogP contribution in [0.1, 0.15) is 23.6 Å². The summed E-state index contributed by atoms with van der Waals surface area (Å²) in [6.45, 7) is 8.18. The summed E-state index contributed by atoms with van der Waals surface area (Å²) in [5.41, 5.74) is 6.29. The first-order valence-electron chi connectivity index (χ1n) is 8.38. The zero-order valence-corrected chi connectivity index (χ0v) is 15.1. The van der Waals surface area contributed by atoms with Crippen LogP contribution in [0.25, 0.3) is 6.08 Å². The van der Waals surface area contributed by atoms with Gasteiger partial charge in [-0.25, -0.2) is 4.79 Å². The highest BCUT2D eigenvalue weighted by molar-refractivity contribution is 5.90. The maximum atomic E-state index is 9.61. The van der Waals surface area contributed by atoms with E-state index < -0.39 is 11.5 Å². The second-order valence-electron chi connectivity index (χ2n) is 6.02. The van der Waals surface area contributed by atoms with Gasteiger partial charge in [-0.15, -0.1) is 0 Å². The van der Waals surface area contributed by atoms with Crippen LogP contribution in [0.2, 0.25) is 0 Å². The smallest absolute Gasteiger partial charge is 0.345 e. The molecule has 0 aliphatic carbocycles. The fourth-order valence-corrected chi connectivity index (χ4v) is 2.76. The molecular weight excluding hydrogens is 324 g/mol. The van der Waals surface area contributed by atoms with Crippen molar-refractivity contribution < 1.29 is 9.90 Å². The van der Waals surface area contributed by atoms with Gasteiger partial charge in [0.15, 0.2) is 0 Å². The van der Waals surface area contributed by atoms with Crippen molar-refractivity contribution in [2.45, 2.75) is 20.3 Å². The number of aryl methyl sites for hydroxylation is 1. The first-order valence-corrected chi connectivity index (χ1v) is 8.38. The van der Waals surface area contributed by atoms with Crippen LogP contribution in [0.15, 0.2) is 60.7 Å². The molecule has 0 unspecified atom stereocenters. The highest BCUT2D eigenvalue weighted by Gasteiger charge is 2.20. The van der Waals surface area contributed by atoms with Gasteiger partial charge in [-0.3, -0.25) is 0 Å². The van der Waals surface area contributed by atoms with Gasteiger partial charge in [-0.2, -0.15) is 5.26 Å². The second kappa shape index (κ2) is 8.68. The van der Waals surface area contributed by atoms with E-state index in [0.29, 0.717) is 0 Å². The first-order chi connectivity index (χ1) is 12.5. The maximum absolute atomic E-state index is 9.61. The number of carboxylic acid groups (broad SMARTS) is 1. The van der Waals surface area contributed by atoms with E-state index in [-0.39, 0.29) is 0 Å². The molecular formula is C22H22N2O2. The average molecular weight is 346 g/mol. The number of carboxylic acids is 1. The summed E-state index contributed by atoms with van der Waals surface area (Å²) >= 11 is 0. The highest BCUT2D eigenvalue weighted by atomic mass is 16.4. The summed E-state index contributed by atoms with van der Waals surface area (Å²) in [6.07, 6.45) is 5.39. The minimum atomic E-state index is -1.26. The zero-order chi connectivity index (χ0) is 19.1. The number of hydrogen-bond acceptors (Lipinski definition) is 3. The van der Waals surface area contributed by atoms with E-state index in [0.717, 1.165) is 13.0 Å². The molecule has 2 aromatic rings. The molecule has 0 radical (unpaired) electrons. The Morgan fingerprint density at radius 1 is 1.27 bits per heavy atom. The third-order valence-corrected chi connectivity index (χ3v) is 4.10. The van der Waals surface area contributed by atoms with Crippen LogP contribution < -0.4 is 4.90 Å². The molecule has 0 atom stereocenters. The number of nitriles is 1. The molecule has 1 N–H and O–H groups in total. The lowest BCUT2D eigenvalue weighted by molar-refractivity contribution is -0.132. The van der Waals surface area contributed by atoms with Crippen LogP contribution in [0.3, 0.4) is 0 Å². The molecule has 0 spiro atoms. The monoisotopic (exact) mass is 346 g/mol. The van der Waals surface area contributed by atoms with Gasteiger partial charge in [0.05, 0.1) is 0 Å². The predicted molar refractivity (Wildman–Crippen MR) is 105 cm³/mol. The lowest BCUT2D eigenvalue weighted by atomic mass is 10.1. The molecule has 0 saturated heterocycles. The molecule has 26 heavy (non-hydrogen) atoms. The van der Waals surface area contributed by atoms with Crippen molar-refractivity contribution in [3.05, 3.63) is 77.4 Å². The lowest BCUT2D eigenvalue weighted by Gasteiger charge is -2.19. The van der Waals surface area contributed by atoms with Crippen molar-refractivity contribution in [3.63, 3.8) is 0 Å². The van der Waals surface area contributed by atoms with Crippen LogP contribution >= 0.6 is 0 Å². The first kappa shape index (κ1) is 19.0. The standard InChI is InChI=1S/C18H19N.C4H3NO2/c1-3-4-15-7-10-18-16(13-15)11-12-19(18)17-8-5-14(2)6-9-17;1-3(2-5)4(6)7/h3-10,13H,11-12H2,1-2H3;1H2,(H,6,7)/b4-3+;. The van der Waals surface area contributed by atoms with Crippen molar-refractivity contribution in [3.8, 4) is 6.07 Å². The molecule has 0 saturated carbocycles. The summed E-state index contributed by atoms with van der Waals surface area (Å²) in [5.74, 6) is -1.26. The van der Waals surface area contributed by atoms with E-state index in [2.05, 4.69) is 79.9 Å². The third kappa shape index (κ3) is 4.61. The summed E-state index contributed by atoms with van der Waals surface area (Å²) in [5, 5.41) is 15.6. The number of nitrogens with zero attached hydrogens (tertiary/aromatic N) is 2. The second-order valence-corrected chi connectivity index (χ2v) is 6.02. The Balaban J connectivity index is 0.000000298. The Hall–Kier alpha value is -3.32. The minimum Gasteiger partial charge on any atom is -0.477 e. The van der Waals surface area contributed by atoms with Crippen LogP contribution in [0.4, 0.5) is 11.4 Å². The highest BCUT2D eigenvalue weighted by Crippen LogP contribution is 2.35. The van der Waals surface area contributed by atoms with Gasteiger partial charge in [0.2, 0.25) is 0 Å². The van der Waals surface area contributed by atoms with Crippen LogP contribution in [0.5, 0.6) is 0 Å². The zero-order valence-electron chi connectivity index (χ0n) is 15.1. The molecule has 0 fully saturated rings. The molecule has 1 heterocycles. The number of anilines is 2. The van der Waals surface area contributed by atoms with Gasteiger partial charge in [0.1, 0.15) is 11.6 Å². The number of aliphatic carboxylic acids is 1. The minimum absolute atomic E-state index is 0.431. The average Bonchev–Trinajstić information content (AvgIpc) is 3.05. The molecule has 132 valence electrons. The Kier molecular flexibility index (Phi) is 6.35. The van der Waals surface area contributed by atoms with Gasteiger partial charge in [-0.05, 0) is 55.7 Å². The van der Waals surface area contributed by atoms with E-state index in [1.165, 1.54) is 34.1 Å². The SMILES string of the molecule is C/C=C/c1ccc2c(c1)CCN2c1ccc(C)cc1.C=C(C#N)C(=O)O. The van der Waals surface area contributed by atoms with Crippen molar-refractivity contribution >= 4 is 23.4 Å². The van der Waals surface area contributed by atoms with Crippen LogP contribution in [-0.2, 0) is 11.2 Å². The molecule has 1 aliphatic rings. The Morgan fingerprint density at radius 2 is 1.96 bits per heavy atom. The molecule has 0 amide bonds.